The van der Waals surface area contributed by atoms with Crippen molar-refractivity contribution < 1.29 is 23.8 Å². The molecule has 1 aliphatic rings. The van der Waals surface area contributed by atoms with Crippen LogP contribution in [-0.4, -0.2) is 24.9 Å². The second-order valence-electron chi connectivity index (χ2n) is 5.83. The zero-order valence-electron chi connectivity index (χ0n) is 15.3. The van der Waals surface area contributed by atoms with E-state index in [9.17, 15) is 9.59 Å². The highest BCUT2D eigenvalue weighted by Crippen LogP contribution is 2.38. The van der Waals surface area contributed by atoms with Crippen molar-refractivity contribution in [3.05, 3.63) is 61.7 Å². The van der Waals surface area contributed by atoms with Gasteiger partial charge < -0.3 is 14.2 Å². The molecule has 0 spiro atoms. The fourth-order valence-electron chi connectivity index (χ4n) is 2.43. The number of nitrogens with zero attached hydrogens (tertiary/aromatic N) is 1. The lowest BCUT2D eigenvalue weighted by Gasteiger charge is -2.11. The summed E-state index contributed by atoms with van der Waals surface area (Å²) in [6.07, 6.45) is 1.75. The maximum atomic E-state index is 12.2. The third-order valence-electron chi connectivity index (χ3n) is 3.85. The first-order valence-electron chi connectivity index (χ1n) is 8.38. The van der Waals surface area contributed by atoms with Crippen molar-refractivity contribution in [1.82, 2.24) is 0 Å². The van der Waals surface area contributed by atoms with Crippen LogP contribution in [0.3, 0.4) is 0 Å². The largest absolute Gasteiger partial charge is 0.493 e. The van der Waals surface area contributed by atoms with Gasteiger partial charge in [0.2, 0.25) is 5.90 Å². The monoisotopic (exact) mass is 497 g/mol. The van der Waals surface area contributed by atoms with Crippen molar-refractivity contribution in [3.8, 4) is 11.5 Å². The zero-order chi connectivity index (χ0) is 21.1. The number of carbonyl (C=O) groups is 2. The number of ether oxygens (including phenoxy) is 3. The smallest absolute Gasteiger partial charge is 0.363 e. The van der Waals surface area contributed by atoms with Gasteiger partial charge in [0.25, 0.3) is 0 Å². The van der Waals surface area contributed by atoms with E-state index in [1.807, 2.05) is 0 Å². The van der Waals surface area contributed by atoms with E-state index in [1.165, 1.54) is 13.2 Å². The van der Waals surface area contributed by atoms with E-state index in [1.54, 1.807) is 37.3 Å². The first kappa shape index (κ1) is 21.4. The molecular formula is C20H14BrCl2NO5. The minimum absolute atomic E-state index is 0.0957. The fourth-order valence-corrected chi connectivity index (χ4v) is 3.27. The molecule has 1 heterocycles. The highest BCUT2D eigenvalue weighted by molar-refractivity contribution is 9.10. The average Bonchev–Trinajstić information content (AvgIpc) is 3.05. The number of hydrogen-bond acceptors (Lipinski definition) is 6. The van der Waals surface area contributed by atoms with Crippen LogP contribution in [0.2, 0.25) is 10.0 Å². The van der Waals surface area contributed by atoms with Crippen LogP contribution in [-0.2, 0) is 14.3 Å². The molecule has 0 saturated heterocycles. The average molecular weight is 499 g/mol. The number of esters is 2. The van der Waals surface area contributed by atoms with Gasteiger partial charge in [-0.1, -0.05) is 30.1 Å². The Hall–Kier alpha value is -2.35. The van der Waals surface area contributed by atoms with Crippen molar-refractivity contribution in [2.75, 3.05) is 7.11 Å². The summed E-state index contributed by atoms with van der Waals surface area (Å²) in [6.45, 7) is 1.69. The standard InChI is InChI=1S/C20H14BrCl2NO5/c1-3-17(25)28-18-12(21)6-10(8-16(18)27-2)7-15-20(26)29-19(24-15)11-4-5-13(22)14(23)9-11/h4-9H,3H2,1-2H3/b15-7-. The molecule has 29 heavy (non-hydrogen) atoms. The van der Waals surface area contributed by atoms with Gasteiger partial charge in [0, 0.05) is 12.0 Å². The molecule has 2 aromatic carbocycles. The van der Waals surface area contributed by atoms with Crippen LogP contribution in [0.5, 0.6) is 11.5 Å². The number of aliphatic imine (C=N–C) groups is 1. The van der Waals surface area contributed by atoms with E-state index < -0.39 is 11.9 Å². The molecule has 3 rings (SSSR count). The number of hydrogen-bond donors (Lipinski definition) is 0. The topological polar surface area (TPSA) is 74.2 Å². The van der Waals surface area contributed by atoms with Gasteiger partial charge in [0.15, 0.2) is 17.2 Å². The molecule has 0 bridgehead atoms. The quantitative estimate of drug-likeness (QED) is 0.312. The summed E-state index contributed by atoms with van der Waals surface area (Å²) in [7, 11) is 1.45. The first-order valence-corrected chi connectivity index (χ1v) is 9.93. The molecule has 2 aromatic rings. The molecule has 1 aliphatic heterocycles. The van der Waals surface area contributed by atoms with Crippen LogP contribution in [0.1, 0.15) is 24.5 Å². The van der Waals surface area contributed by atoms with Crippen molar-refractivity contribution in [2.24, 2.45) is 4.99 Å². The van der Waals surface area contributed by atoms with Gasteiger partial charge in [-0.3, -0.25) is 4.79 Å². The van der Waals surface area contributed by atoms with Gasteiger partial charge in [0.05, 0.1) is 21.6 Å². The van der Waals surface area contributed by atoms with E-state index in [0.717, 1.165) is 0 Å². The van der Waals surface area contributed by atoms with Gasteiger partial charge in [-0.2, -0.15) is 0 Å². The van der Waals surface area contributed by atoms with E-state index >= 15 is 0 Å². The predicted octanol–water partition coefficient (Wildman–Crippen LogP) is 5.42. The highest BCUT2D eigenvalue weighted by atomic mass is 79.9. The summed E-state index contributed by atoms with van der Waals surface area (Å²) >= 11 is 15.3. The minimum Gasteiger partial charge on any atom is -0.493 e. The van der Waals surface area contributed by atoms with Gasteiger partial charge in [-0.05, 0) is 57.9 Å². The molecule has 6 nitrogen and oxygen atoms in total. The van der Waals surface area contributed by atoms with E-state index in [2.05, 4.69) is 20.9 Å². The number of carbonyl (C=O) groups excluding carboxylic acids is 2. The first-order chi connectivity index (χ1) is 13.8. The van der Waals surface area contributed by atoms with Crippen LogP contribution >= 0.6 is 39.1 Å². The Balaban J connectivity index is 1.95. The highest BCUT2D eigenvalue weighted by Gasteiger charge is 2.25. The van der Waals surface area contributed by atoms with Crippen LogP contribution < -0.4 is 9.47 Å². The molecule has 0 N–H and O–H groups in total. The molecule has 0 fully saturated rings. The van der Waals surface area contributed by atoms with Gasteiger partial charge in [-0.25, -0.2) is 9.79 Å². The Morgan fingerprint density at radius 1 is 1.24 bits per heavy atom. The number of rotatable bonds is 5. The summed E-state index contributed by atoms with van der Waals surface area (Å²) in [5.41, 5.74) is 1.21. The lowest BCUT2D eigenvalue weighted by molar-refractivity contribution is -0.134. The summed E-state index contributed by atoms with van der Waals surface area (Å²) in [5.74, 6) is -0.295. The van der Waals surface area contributed by atoms with Crippen molar-refractivity contribution in [1.29, 1.82) is 0 Å². The lowest BCUT2D eigenvalue weighted by atomic mass is 10.1. The molecule has 9 heteroatoms. The molecule has 0 amide bonds. The van der Waals surface area contributed by atoms with Crippen molar-refractivity contribution in [3.63, 3.8) is 0 Å². The van der Waals surface area contributed by atoms with Gasteiger partial charge in [-0.15, -0.1) is 0 Å². The number of cyclic esters (lactones) is 1. The van der Waals surface area contributed by atoms with Gasteiger partial charge in [0.1, 0.15) is 0 Å². The molecule has 0 saturated carbocycles. The molecule has 0 aliphatic carbocycles. The third-order valence-corrected chi connectivity index (χ3v) is 5.17. The summed E-state index contributed by atoms with van der Waals surface area (Å²) < 4.78 is 16.3. The second-order valence-corrected chi connectivity index (χ2v) is 7.50. The number of methoxy groups -OCH3 is 1. The van der Waals surface area contributed by atoms with E-state index in [4.69, 9.17) is 37.4 Å². The van der Waals surface area contributed by atoms with Crippen LogP contribution in [0.4, 0.5) is 0 Å². The van der Waals surface area contributed by atoms with Crippen molar-refractivity contribution in [2.45, 2.75) is 13.3 Å². The molecule has 0 radical (unpaired) electrons. The molecule has 0 atom stereocenters. The molecule has 0 unspecified atom stereocenters. The maximum Gasteiger partial charge on any atom is 0.363 e. The molecule has 0 aromatic heterocycles. The Bertz CT molecular complexity index is 1070. The second kappa shape index (κ2) is 8.98. The predicted molar refractivity (Wildman–Crippen MR) is 114 cm³/mol. The van der Waals surface area contributed by atoms with Crippen LogP contribution in [0.25, 0.3) is 6.08 Å². The fraction of sp³-hybridized carbons (Fsp3) is 0.150. The molecule has 150 valence electrons. The van der Waals surface area contributed by atoms with E-state index in [-0.39, 0.29) is 23.8 Å². The normalized spacial score (nSPS) is 14.6. The van der Waals surface area contributed by atoms with Crippen molar-refractivity contribution >= 4 is 63.0 Å². The Morgan fingerprint density at radius 3 is 2.66 bits per heavy atom. The number of halogens is 3. The Labute approximate surface area is 185 Å². The lowest BCUT2D eigenvalue weighted by Crippen LogP contribution is -2.07. The number of benzene rings is 2. The summed E-state index contributed by atoms with van der Waals surface area (Å²) in [5, 5.41) is 0.711. The molecular weight excluding hydrogens is 485 g/mol. The maximum absolute atomic E-state index is 12.2. The van der Waals surface area contributed by atoms with Gasteiger partial charge >= 0.3 is 11.9 Å². The van der Waals surface area contributed by atoms with E-state index in [0.29, 0.717) is 31.4 Å². The SMILES string of the molecule is CCC(=O)Oc1c(Br)cc(/C=C2\N=C(c3ccc(Cl)c(Cl)c3)OC2=O)cc1OC. The third kappa shape index (κ3) is 4.80. The zero-order valence-corrected chi connectivity index (χ0v) is 18.4. The van der Waals surface area contributed by atoms with Crippen LogP contribution in [0, 0.1) is 0 Å². The summed E-state index contributed by atoms with van der Waals surface area (Å²) in [4.78, 5) is 28.1. The Kier molecular flexibility index (Phi) is 6.62. The minimum atomic E-state index is -0.609. The Morgan fingerprint density at radius 2 is 2.00 bits per heavy atom. The van der Waals surface area contributed by atoms with Crippen LogP contribution in [0.15, 0.2) is 45.5 Å². The summed E-state index contributed by atoms with van der Waals surface area (Å²) in [6, 6.07) is 8.11.